The number of nitrogens with zero attached hydrogens (tertiary/aromatic N) is 2. The lowest BCUT2D eigenvalue weighted by Gasteiger charge is -2.29. The van der Waals surface area contributed by atoms with Gasteiger partial charge in [-0.25, -0.2) is 0 Å². The zero-order valence-electron chi connectivity index (χ0n) is 14.0. The second-order valence-electron chi connectivity index (χ2n) is 6.26. The van der Waals surface area contributed by atoms with Gasteiger partial charge < -0.3 is 4.57 Å². The Bertz CT molecular complexity index is 781. The highest BCUT2D eigenvalue weighted by atomic mass is 79.9. The Kier molecular flexibility index (Phi) is 5.11. The zero-order chi connectivity index (χ0) is 17.2. The molecule has 0 spiro atoms. The summed E-state index contributed by atoms with van der Waals surface area (Å²) < 4.78 is 2.83. The van der Waals surface area contributed by atoms with Crippen LogP contribution in [0.3, 0.4) is 0 Å². The number of nitriles is 1. The molecule has 0 amide bonds. The lowest BCUT2D eigenvalue weighted by atomic mass is 9.76. The Balaban J connectivity index is 0.000000924. The molecule has 0 saturated carbocycles. The number of hydrogen-bond donors (Lipinski definition) is 0. The first-order valence-electron chi connectivity index (χ1n) is 7.85. The van der Waals surface area contributed by atoms with E-state index in [2.05, 4.69) is 40.4 Å². The van der Waals surface area contributed by atoms with Crippen molar-refractivity contribution in [1.29, 1.82) is 5.26 Å². The molecule has 1 aliphatic rings. The summed E-state index contributed by atoms with van der Waals surface area (Å²) in [5, 5.41) is 9.00. The highest BCUT2D eigenvalue weighted by molar-refractivity contribution is 9.10. The third-order valence-corrected chi connectivity index (χ3v) is 4.58. The summed E-state index contributed by atoms with van der Waals surface area (Å²) in [6, 6.07) is 9.67. The Morgan fingerprint density at radius 3 is 2.52 bits per heavy atom. The minimum absolute atomic E-state index is 0.00991. The topological polar surface area (TPSA) is 45.8 Å². The molecule has 3 nitrogen and oxygen atoms in total. The van der Waals surface area contributed by atoms with Gasteiger partial charge in [0.1, 0.15) is 6.07 Å². The van der Waals surface area contributed by atoms with Gasteiger partial charge in [0.2, 0.25) is 0 Å². The van der Waals surface area contributed by atoms with Gasteiger partial charge in [-0.15, -0.1) is 0 Å². The number of hydrogen-bond acceptors (Lipinski definition) is 2. The maximum absolute atomic E-state index is 12.2. The van der Waals surface area contributed by atoms with Gasteiger partial charge in [0, 0.05) is 34.0 Å². The summed E-state index contributed by atoms with van der Waals surface area (Å²) in [5.74, 6) is 0.215. The molecule has 1 heterocycles. The first-order valence-corrected chi connectivity index (χ1v) is 8.64. The Morgan fingerprint density at radius 2 is 1.91 bits per heavy atom. The largest absolute Gasteiger partial charge is 0.320 e. The molecule has 0 atom stereocenters. The van der Waals surface area contributed by atoms with Crippen LogP contribution in [-0.2, 0) is 6.42 Å². The van der Waals surface area contributed by atoms with E-state index < -0.39 is 0 Å². The molecule has 2 aromatic rings. The van der Waals surface area contributed by atoms with E-state index in [1.165, 1.54) is 0 Å². The van der Waals surface area contributed by atoms with Crippen LogP contribution in [-0.4, -0.2) is 10.4 Å². The summed E-state index contributed by atoms with van der Waals surface area (Å²) in [6.45, 7) is 8.25. The van der Waals surface area contributed by atoms with E-state index in [4.69, 9.17) is 5.26 Å². The monoisotopic (exact) mass is 372 g/mol. The fourth-order valence-electron chi connectivity index (χ4n) is 2.93. The van der Waals surface area contributed by atoms with E-state index in [9.17, 15) is 4.79 Å². The van der Waals surface area contributed by atoms with Crippen molar-refractivity contribution in [3.05, 3.63) is 51.8 Å². The number of Topliss-reactive ketones (excluding diaryl/α,β-unsaturated/α-hetero) is 1. The van der Waals surface area contributed by atoms with Crippen molar-refractivity contribution in [2.75, 3.05) is 0 Å². The Labute approximate surface area is 146 Å². The molecule has 1 aromatic heterocycles. The minimum atomic E-state index is -0.00991. The quantitative estimate of drug-likeness (QED) is 0.682. The van der Waals surface area contributed by atoms with E-state index in [-0.39, 0.29) is 11.2 Å². The van der Waals surface area contributed by atoms with Gasteiger partial charge in [-0.1, -0.05) is 27.7 Å². The molecule has 1 aromatic carbocycles. The molecule has 23 heavy (non-hydrogen) atoms. The number of ketones is 1. The number of carbonyl (C=O) groups is 1. The molecule has 0 aliphatic heterocycles. The maximum atomic E-state index is 12.2. The predicted molar refractivity (Wildman–Crippen MR) is 96.0 cm³/mol. The van der Waals surface area contributed by atoms with Crippen LogP contribution < -0.4 is 0 Å². The van der Waals surface area contributed by atoms with E-state index >= 15 is 0 Å². The van der Waals surface area contributed by atoms with Gasteiger partial charge in [-0.05, 0) is 52.0 Å². The molecule has 3 rings (SSSR count). The van der Waals surface area contributed by atoms with Gasteiger partial charge >= 0.3 is 0 Å². The van der Waals surface area contributed by atoms with E-state index in [1.54, 1.807) is 6.07 Å². The summed E-state index contributed by atoms with van der Waals surface area (Å²) in [7, 11) is 0. The van der Waals surface area contributed by atoms with E-state index in [1.807, 2.05) is 38.2 Å². The van der Waals surface area contributed by atoms with Crippen LogP contribution in [0, 0.1) is 16.7 Å². The van der Waals surface area contributed by atoms with Crippen LogP contribution in [0.4, 0.5) is 0 Å². The average Bonchev–Trinajstić information content (AvgIpc) is 2.91. The lowest BCUT2D eigenvalue weighted by Crippen LogP contribution is -2.27. The fraction of sp³-hybridized carbons (Fsp3) is 0.368. The number of fused-ring (bicyclic) bond motifs is 1. The number of benzene rings is 1. The van der Waals surface area contributed by atoms with Crippen LogP contribution in [0.2, 0.25) is 0 Å². The summed E-state index contributed by atoms with van der Waals surface area (Å²) in [4.78, 5) is 12.2. The minimum Gasteiger partial charge on any atom is -0.320 e. The first kappa shape index (κ1) is 17.5. The van der Waals surface area contributed by atoms with Gasteiger partial charge in [0.25, 0.3) is 0 Å². The summed E-state index contributed by atoms with van der Waals surface area (Å²) >= 11 is 3.42. The average molecular weight is 373 g/mol. The van der Waals surface area contributed by atoms with Crippen molar-refractivity contribution in [2.45, 2.75) is 40.5 Å². The number of rotatable bonds is 1. The highest BCUT2D eigenvalue weighted by Gasteiger charge is 2.33. The lowest BCUT2D eigenvalue weighted by molar-refractivity contribution is 0.0911. The number of aromatic nitrogens is 1. The fourth-order valence-corrected chi connectivity index (χ4v) is 3.39. The van der Waals surface area contributed by atoms with Gasteiger partial charge in [-0.3, -0.25) is 4.79 Å². The molecule has 0 N–H and O–H groups in total. The first-order chi connectivity index (χ1) is 10.9. The van der Waals surface area contributed by atoms with Crippen molar-refractivity contribution in [2.24, 2.45) is 5.41 Å². The molecule has 0 unspecified atom stereocenters. The second kappa shape index (κ2) is 6.72. The summed E-state index contributed by atoms with van der Waals surface area (Å²) in [6.07, 6.45) is 3.41. The summed E-state index contributed by atoms with van der Waals surface area (Å²) in [5.41, 5.74) is 3.45. The van der Waals surface area contributed by atoms with Crippen LogP contribution in [0.15, 0.2) is 34.9 Å². The van der Waals surface area contributed by atoms with Gasteiger partial charge in [0.15, 0.2) is 5.78 Å². The van der Waals surface area contributed by atoms with Crippen molar-refractivity contribution < 1.29 is 4.79 Å². The predicted octanol–water partition coefficient (Wildman–Crippen LogP) is 5.29. The normalized spacial score (nSPS) is 15.2. The Morgan fingerprint density at radius 1 is 1.22 bits per heavy atom. The van der Waals surface area contributed by atoms with Crippen LogP contribution >= 0.6 is 15.9 Å². The van der Waals surface area contributed by atoms with Crippen LogP contribution in [0.25, 0.3) is 5.69 Å². The van der Waals surface area contributed by atoms with Crippen LogP contribution in [0.1, 0.15) is 55.7 Å². The molecule has 4 heteroatoms. The number of carbonyl (C=O) groups excluding carboxylic acids is 1. The molecule has 0 bridgehead atoms. The SMILES string of the molecule is CC.CC1(C)CC(=O)c2ccn(-c3ccc(C#N)c(Br)c3)c2C1. The van der Waals surface area contributed by atoms with E-state index in [0.717, 1.165) is 27.8 Å². The third kappa shape index (κ3) is 3.40. The molecule has 120 valence electrons. The zero-order valence-corrected chi connectivity index (χ0v) is 15.6. The second-order valence-corrected chi connectivity index (χ2v) is 7.12. The van der Waals surface area contributed by atoms with Gasteiger partial charge in [-0.2, -0.15) is 5.26 Å². The highest BCUT2D eigenvalue weighted by Crippen LogP contribution is 2.36. The molecule has 0 saturated heterocycles. The van der Waals surface area contributed by atoms with Crippen molar-refractivity contribution >= 4 is 21.7 Å². The van der Waals surface area contributed by atoms with Crippen molar-refractivity contribution in [3.8, 4) is 11.8 Å². The van der Waals surface area contributed by atoms with E-state index in [0.29, 0.717) is 12.0 Å². The molecular weight excluding hydrogens is 352 g/mol. The molecule has 0 fully saturated rings. The molecular formula is C19H21BrN2O. The van der Waals surface area contributed by atoms with Crippen molar-refractivity contribution in [1.82, 2.24) is 4.57 Å². The van der Waals surface area contributed by atoms with Gasteiger partial charge in [0.05, 0.1) is 5.56 Å². The molecule has 1 aliphatic carbocycles. The van der Waals surface area contributed by atoms with Crippen LogP contribution in [0.5, 0.6) is 0 Å². The molecule has 0 radical (unpaired) electrons. The standard InChI is InChI=1S/C17H15BrN2O.C2H6/c1-17(2)8-15-13(16(21)9-17)5-6-20(15)12-4-3-11(10-19)14(18)7-12;1-2/h3-7H,8-9H2,1-2H3;1-2H3. The number of halogens is 1. The maximum Gasteiger partial charge on any atom is 0.165 e. The third-order valence-electron chi connectivity index (χ3n) is 3.93. The Hall–Kier alpha value is -1.86. The smallest absolute Gasteiger partial charge is 0.165 e. The van der Waals surface area contributed by atoms with Crippen molar-refractivity contribution in [3.63, 3.8) is 0 Å².